The van der Waals surface area contributed by atoms with Crippen molar-refractivity contribution in [3.05, 3.63) is 53.6 Å². The van der Waals surface area contributed by atoms with E-state index in [0.717, 1.165) is 5.56 Å². The number of morpholine rings is 1. The summed E-state index contributed by atoms with van der Waals surface area (Å²) in [6, 6.07) is 11.5. The Morgan fingerprint density at radius 1 is 1.12 bits per heavy atom. The van der Waals surface area contributed by atoms with E-state index in [0.29, 0.717) is 5.75 Å². The van der Waals surface area contributed by atoms with E-state index in [1.165, 1.54) is 29.6 Å². The number of methoxy groups -OCH3 is 1. The molecule has 0 bridgehead atoms. The average Bonchev–Trinajstić information content (AvgIpc) is 2.85. The molecule has 1 N–H and O–H groups in total. The lowest BCUT2D eigenvalue weighted by atomic mass is 10.2. The lowest BCUT2D eigenvalue weighted by molar-refractivity contribution is -0.124. The van der Waals surface area contributed by atoms with Gasteiger partial charge in [0.25, 0.3) is 5.91 Å². The Morgan fingerprint density at radius 3 is 2.59 bits per heavy atom. The van der Waals surface area contributed by atoms with Gasteiger partial charge in [-0.1, -0.05) is 12.1 Å². The number of hydrogen-bond acceptors (Lipinski definition) is 8. The second-order valence-electron chi connectivity index (χ2n) is 7.47. The number of amides is 1. The molecule has 0 aromatic heterocycles. The fourth-order valence-electron chi connectivity index (χ4n) is 3.26. The van der Waals surface area contributed by atoms with Gasteiger partial charge in [0.1, 0.15) is 23.0 Å². The zero-order valence-corrected chi connectivity index (χ0v) is 19.9. The van der Waals surface area contributed by atoms with E-state index in [4.69, 9.17) is 18.9 Å². The molecule has 3 rings (SSSR count). The van der Waals surface area contributed by atoms with Crippen LogP contribution < -0.4 is 14.8 Å². The van der Waals surface area contributed by atoms with Gasteiger partial charge in [-0.15, -0.1) is 0 Å². The maximum absolute atomic E-state index is 13.0. The van der Waals surface area contributed by atoms with E-state index in [9.17, 15) is 18.0 Å². The van der Waals surface area contributed by atoms with Crippen LogP contribution in [-0.4, -0.2) is 77.8 Å². The fraction of sp³-hybridized carbons (Fsp3) is 0.391. The summed E-state index contributed by atoms with van der Waals surface area (Å²) >= 11 is 0. The van der Waals surface area contributed by atoms with Crippen LogP contribution in [0.15, 0.2) is 47.4 Å². The van der Waals surface area contributed by atoms with Crippen LogP contribution in [0.4, 0.5) is 0 Å². The number of hydrogen-bond donors (Lipinski definition) is 1. The Kier molecular flexibility index (Phi) is 8.85. The van der Waals surface area contributed by atoms with Gasteiger partial charge in [-0.25, -0.2) is 13.2 Å². The molecule has 2 aromatic carbocycles. The maximum atomic E-state index is 13.0. The predicted octanol–water partition coefficient (Wildman–Crippen LogP) is 1.38. The van der Waals surface area contributed by atoms with E-state index < -0.39 is 28.5 Å². The highest BCUT2D eigenvalue weighted by Crippen LogP contribution is 2.28. The van der Waals surface area contributed by atoms with Crippen molar-refractivity contribution in [3.63, 3.8) is 0 Å². The molecule has 10 nitrogen and oxygen atoms in total. The molecule has 1 aliphatic rings. The number of nitrogens with zero attached hydrogens (tertiary/aromatic N) is 1. The SMILES string of the molecule is COc1ccc(C(=O)OCC(=O)NCCOc2cccc(C)c2)cc1S(=O)(=O)N1CCOCC1. The van der Waals surface area contributed by atoms with Crippen LogP contribution in [0.1, 0.15) is 15.9 Å². The largest absolute Gasteiger partial charge is 0.495 e. The molecule has 1 amide bonds. The second kappa shape index (κ2) is 11.8. The highest BCUT2D eigenvalue weighted by molar-refractivity contribution is 7.89. The van der Waals surface area contributed by atoms with E-state index >= 15 is 0 Å². The van der Waals surface area contributed by atoms with Gasteiger partial charge in [-0.05, 0) is 42.8 Å². The van der Waals surface area contributed by atoms with Crippen molar-refractivity contribution in [3.8, 4) is 11.5 Å². The van der Waals surface area contributed by atoms with Crippen LogP contribution in [0.5, 0.6) is 11.5 Å². The highest BCUT2D eigenvalue weighted by atomic mass is 32.2. The van der Waals surface area contributed by atoms with E-state index in [2.05, 4.69) is 5.32 Å². The quantitative estimate of drug-likeness (QED) is 0.390. The molecule has 0 spiro atoms. The van der Waals surface area contributed by atoms with Gasteiger partial charge < -0.3 is 24.3 Å². The molecule has 0 radical (unpaired) electrons. The minimum Gasteiger partial charge on any atom is -0.495 e. The first-order valence-electron chi connectivity index (χ1n) is 10.7. The van der Waals surface area contributed by atoms with E-state index in [1.54, 1.807) is 0 Å². The lowest BCUT2D eigenvalue weighted by Gasteiger charge is -2.26. The molecule has 0 saturated carbocycles. The smallest absolute Gasteiger partial charge is 0.338 e. The molecule has 0 unspecified atom stereocenters. The molecule has 34 heavy (non-hydrogen) atoms. The first kappa shape index (κ1) is 25.5. The van der Waals surface area contributed by atoms with Gasteiger partial charge in [0, 0.05) is 13.1 Å². The van der Waals surface area contributed by atoms with Gasteiger partial charge in [0.15, 0.2) is 6.61 Å². The van der Waals surface area contributed by atoms with Crippen molar-refractivity contribution in [1.29, 1.82) is 0 Å². The maximum Gasteiger partial charge on any atom is 0.338 e. The summed E-state index contributed by atoms with van der Waals surface area (Å²) in [7, 11) is -2.56. The standard InChI is InChI=1S/C23H28N2O8S/c1-17-4-3-5-19(14-17)32-11-8-24-22(26)16-33-23(27)18-6-7-20(30-2)21(15-18)34(28,29)25-9-12-31-13-10-25/h3-7,14-15H,8-13,16H2,1-2H3,(H,24,26). The van der Waals surface area contributed by atoms with Crippen LogP contribution in [0.2, 0.25) is 0 Å². The zero-order chi connectivity index (χ0) is 24.6. The molecule has 11 heteroatoms. The van der Waals surface area contributed by atoms with Crippen LogP contribution in [-0.2, 0) is 24.3 Å². The third-order valence-corrected chi connectivity index (χ3v) is 6.92. The first-order valence-corrected chi connectivity index (χ1v) is 12.1. The molecule has 1 saturated heterocycles. The molecule has 1 heterocycles. The fourth-order valence-corrected chi connectivity index (χ4v) is 4.85. The van der Waals surface area contributed by atoms with Gasteiger partial charge >= 0.3 is 5.97 Å². The molecule has 184 valence electrons. The molecule has 2 aromatic rings. The van der Waals surface area contributed by atoms with Gasteiger partial charge in [-0.2, -0.15) is 4.31 Å². The second-order valence-corrected chi connectivity index (χ2v) is 9.38. The molecular weight excluding hydrogens is 464 g/mol. The molecule has 0 aliphatic carbocycles. The first-order chi connectivity index (χ1) is 16.3. The van der Waals surface area contributed by atoms with Crippen molar-refractivity contribution < 1.29 is 37.0 Å². The number of esters is 1. The van der Waals surface area contributed by atoms with E-state index in [-0.39, 0.29) is 55.7 Å². The minimum absolute atomic E-state index is 0.0109. The van der Waals surface area contributed by atoms with Crippen LogP contribution >= 0.6 is 0 Å². The predicted molar refractivity (Wildman–Crippen MR) is 123 cm³/mol. The van der Waals surface area contributed by atoms with Crippen molar-refractivity contribution in [2.24, 2.45) is 0 Å². The van der Waals surface area contributed by atoms with E-state index in [1.807, 2.05) is 31.2 Å². The summed E-state index contributed by atoms with van der Waals surface area (Å²) in [5.41, 5.74) is 1.05. The van der Waals surface area contributed by atoms with Crippen molar-refractivity contribution in [2.45, 2.75) is 11.8 Å². The summed E-state index contributed by atoms with van der Waals surface area (Å²) in [5, 5.41) is 2.60. The van der Waals surface area contributed by atoms with Crippen LogP contribution in [0.3, 0.4) is 0 Å². The number of nitrogens with one attached hydrogen (secondary N) is 1. The Hall–Kier alpha value is -3.15. The summed E-state index contributed by atoms with van der Waals surface area (Å²) in [6.45, 7) is 2.90. The highest BCUT2D eigenvalue weighted by Gasteiger charge is 2.30. The lowest BCUT2D eigenvalue weighted by Crippen LogP contribution is -2.40. The minimum atomic E-state index is -3.91. The molecule has 0 atom stereocenters. The zero-order valence-electron chi connectivity index (χ0n) is 19.1. The third kappa shape index (κ3) is 6.69. The van der Waals surface area contributed by atoms with Crippen LogP contribution in [0.25, 0.3) is 0 Å². The average molecular weight is 493 g/mol. The number of rotatable bonds is 10. The van der Waals surface area contributed by atoms with Crippen molar-refractivity contribution >= 4 is 21.9 Å². The van der Waals surface area contributed by atoms with Gasteiger partial charge in [-0.3, -0.25) is 4.79 Å². The summed E-state index contributed by atoms with van der Waals surface area (Å²) in [4.78, 5) is 24.3. The number of ether oxygens (including phenoxy) is 4. The molecule has 1 fully saturated rings. The topological polar surface area (TPSA) is 120 Å². The number of sulfonamides is 1. The molecule has 1 aliphatic heterocycles. The normalized spacial score (nSPS) is 14.3. The van der Waals surface area contributed by atoms with Crippen LogP contribution in [0, 0.1) is 6.92 Å². The monoisotopic (exact) mass is 492 g/mol. The van der Waals surface area contributed by atoms with Crippen molar-refractivity contribution in [1.82, 2.24) is 9.62 Å². The Morgan fingerprint density at radius 2 is 1.88 bits per heavy atom. The summed E-state index contributed by atoms with van der Waals surface area (Å²) in [6.07, 6.45) is 0. The number of carbonyl (C=O) groups is 2. The number of carbonyl (C=O) groups excluding carboxylic acids is 2. The Balaban J connectivity index is 1.54. The van der Waals surface area contributed by atoms with Gasteiger partial charge in [0.2, 0.25) is 10.0 Å². The Labute approximate surface area is 198 Å². The molecular formula is C23H28N2O8S. The number of aryl methyl sites for hydroxylation is 1. The number of benzene rings is 2. The Bertz CT molecular complexity index is 1110. The summed E-state index contributed by atoms with van der Waals surface area (Å²) in [5.74, 6) is -0.527. The van der Waals surface area contributed by atoms with Crippen molar-refractivity contribution in [2.75, 3.05) is 53.2 Å². The third-order valence-electron chi connectivity index (χ3n) is 5.00. The van der Waals surface area contributed by atoms with Gasteiger partial charge in [0.05, 0.1) is 32.4 Å². The summed E-state index contributed by atoms with van der Waals surface area (Å²) < 4.78 is 48.3.